The Morgan fingerprint density at radius 3 is 2.30 bits per heavy atom. The third-order valence-corrected chi connectivity index (χ3v) is 9.10. The maximum Gasteiger partial charge on any atom is 0.337 e. The fourth-order valence-corrected chi connectivity index (χ4v) is 6.63. The van der Waals surface area contributed by atoms with Crippen molar-refractivity contribution in [3.05, 3.63) is 136 Å². The van der Waals surface area contributed by atoms with Gasteiger partial charge in [0.1, 0.15) is 12.4 Å². The summed E-state index contributed by atoms with van der Waals surface area (Å²) in [6.07, 6.45) is 1.08. The molecule has 1 aliphatic heterocycles. The van der Waals surface area contributed by atoms with Gasteiger partial charge in [-0.2, -0.15) is 0 Å². The van der Waals surface area contributed by atoms with Crippen LogP contribution in [0.1, 0.15) is 54.2 Å². The minimum absolute atomic E-state index is 0.0392. The summed E-state index contributed by atoms with van der Waals surface area (Å²) < 4.78 is 45.8. The minimum Gasteiger partial charge on any atom is -0.457 e. The summed E-state index contributed by atoms with van der Waals surface area (Å²) in [6.45, 7) is 6.51. The highest BCUT2D eigenvalue weighted by molar-refractivity contribution is 7.89. The first-order valence-electron chi connectivity index (χ1n) is 15.5. The number of nitrogens with one attached hydrogen (secondary N) is 1. The van der Waals surface area contributed by atoms with E-state index in [9.17, 15) is 18.0 Å². The average Bonchev–Trinajstić information content (AvgIpc) is 3.41. The first-order valence-corrected chi connectivity index (χ1v) is 17.1. The number of primary sulfonamides is 1. The Morgan fingerprint density at radius 2 is 1.62 bits per heavy atom. The predicted octanol–water partition coefficient (Wildman–Crippen LogP) is 6.17. The molecule has 0 spiro atoms. The van der Waals surface area contributed by atoms with E-state index in [-0.39, 0.29) is 40.8 Å². The number of sulfonamides is 1. The summed E-state index contributed by atoms with van der Waals surface area (Å²) in [4.78, 5) is 27.0. The van der Waals surface area contributed by atoms with Crippen molar-refractivity contribution in [2.75, 3.05) is 6.54 Å². The summed E-state index contributed by atoms with van der Waals surface area (Å²) in [6, 6.07) is 26.2. The van der Waals surface area contributed by atoms with E-state index in [0.717, 1.165) is 12.1 Å². The number of halogens is 1. The van der Waals surface area contributed by atoms with Crippen LogP contribution in [0.2, 0.25) is 0 Å². The molecule has 0 amide bonds. The third kappa shape index (κ3) is 7.51. The molecule has 1 unspecified atom stereocenters. The van der Waals surface area contributed by atoms with Gasteiger partial charge < -0.3 is 10.2 Å². The molecule has 0 aromatic heterocycles. The Morgan fingerprint density at radius 1 is 0.936 bits per heavy atom. The summed E-state index contributed by atoms with van der Waals surface area (Å²) in [5, 5.41) is 7.36. The number of nitrogens with zero attached hydrogens (tertiary/aromatic N) is 1. The molecule has 3 N–H and O–H groups in total. The van der Waals surface area contributed by atoms with Gasteiger partial charge in [-0.05, 0) is 36.5 Å². The van der Waals surface area contributed by atoms with Crippen molar-refractivity contribution in [1.82, 2.24) is 10.4 Å². The Bertz CT molecular complexity index is 1930. The molecular weight excluding hydrogens is 617 g/mol. The van der Waals surface area contributed by atoms with Crippen molar-refractivity contribution in [1.29, 1.82) is 0 Å². The monoisotopic (exact) mass is 655 g/mol. The highest BCUT2D eigenvalue weighted by Crippen LogP contribution is 2.33. The van der Waals surface area contributed by atoms with E-state index in [4.69, 9.17) is 9.88 Å². The molecule has 47 heavy (non-hydrogen) atoms. The van der Waals surface area contributed by atoms with Crippen molar-refractivity contribution in [2.24, 2.45) is 11.1 Å². The summed E-state index contributed by atoms with van der Waals surface area (Å²) >= 11 is 0. The van der Waals surface area contributed by atoms with Gasteiger partial charge in [-0.25, -0.2) is 27.8 Å². The van der Waals surface area contributed by atoms with Gasteiger partial charge in [0, 0.05) is 40.1 Å². The highest BCUT2D eigenvalue weighted by Gasteiger charge is 2.38. The topological polar surface area (TPSA) is 119 Å². The van der Waals surface area contributed by atoms with E-state index in [1.54, 1.807) is 60.7 Å². The van der Waals surface area contributed by atoms with Crippen LogP contribution in [-0.2, 0) is 32.6 Å². The number of esters is 1. The van der Waals surface area contributed by atoms with Gasteiger partial charge in [0.2, 0.25) is 10.0 Å². The molecule has 0 saturated heterocycles. The number of rotatable bonds is 12. The quantitative estimate of drug-likeness (QED) is 0.139. The predicted molar refractivity (Wildman–Crippen MR) is 179 cm³/mol. The Labute approximate surface area is 275 Å². The number of carbonyl (C=O) groups excluding carboxylic acids is 2. The second-order valence-corrected chi connectivity index (χ2v) is 13.3. The lowest BCUT2D eigenvalue weighted by Crippen LogP contribution is -2.42. The first-order chi connectivity index (χ1) is 22.5. The summed E-state index contributed by atoms with van der Waals surface area (Å²) in [5.74, 6) is -1.33. The van der Waals surface area contributed by atoms with Crippen molar-refractivity contribution >= 4 is 21.8 Å². The largest absolute Gasteiger partial charge is 0.457 e. The zero-order chi connectivity index (χ0) is 33.7. The van der Waals surface area contributed by atoms with Crippen molar-refractivity contribution in [2.45, 2.75) is 51.2 Å². The van der Waals surface area contributed by atoms with Crippen LogP contribution in [-0.4, -0.2) is 37.8 Å². The number of allylic oxidation sites excluding steroid dienone is 1. The van der Waals surface area contributed by atoms with Crippen LogP contribution in [0.15, 0.2) is 113 Å². The second-order valence-electron chi connectivity index (χ2n) is 11.8. The number of benzene rings is 4. The number of nitrogens with two attached hydrogens (primary N) is 1. The molecule has 0 aliphatic carbocycles. The van der Waals surface area contributed by atoms with Gasteiger partial charge in [0.15, 0.2) is 5.78 Å². The third-order valence-electron chi connectivity index (χ3n) is 8.13. The van der Waals surface area contributed by atoms with E-state index in [1.807, 2.05) is 31.8 Å². The number of ketones is 1. The lowest BCUT2D eigenvalue weighted by molar-refractivity contribution is -0.141. The van der Waals surface area contributed by atoms with E-state index in [2.05, 4.69) is 5.43 Å². The second kappa shape index (κ2) is 14.4. The van der Waals surface area contributed by atoms with E-state index in [0.29, 0.717) is 34.4 Å². The minimum atomic E-state index is -4.08. The lowest BCUT2D eigenvalue weighted by Gasteiger charge is -2.26. The van der Waals surface area contributed by atoms with Crippen LogP contribution in [0, 0.1) is 11.7 Å². The van der Waals surface area contributed by atoms with Gasteiger partial charge in [-0.15, -0.1) is 0 Å². The average molecular weight is 656 g/mol. The van der Waals surface area contributed by atoms with Crippen molar-refractivity contribution in [3.8, 4) is 11.1 Å². The van der Waals surface area contributed by atoms with Crippen molar-refractivity contribution in [3.63, 3.8) is 0 Å². The molecular formula is C37H38FN3O5S. The smallest absolute Gasteiger partial charge is 0.337 e. The van der Waals surface area contributed by atoms with Crippen LogP contribution in [0.3, 0.4) is 0 Å². The fraction of sp³-hybridized carbons (Fsp3) is 0.243. The molecule has 8 nitrogen and oxygen atoms in total. The molecule has 0 saturated carbocycles. The maximum atomic E-state index is 15.6. The highest BCUT2D eigenvalue weighted by atomic mass is 32.2. The SMILES string of the molecule is CCCN1NC(C(C)C)=C(C(=O)OCc2ccccc2C(=O)c2ccccc2)C1Cc1ccc(-c2ccccc2S(N)(=O)=O)c(F)c1. The maximum absolute atomic E-state index is 15.6. The van der Waals surface area contributed by atoms with E-state index in [1.165, 1.54) is 30.3 Å². The van der Waals surface area contributed by atoms with Crippen LogP contribution in [0.5, 0.6) is 0 Å². The summed E-state index contributed by atoms with van der Waals surface area (Å²) in [5.41, 5.74) is 7.05. The van der Waals surface area contributed by atoms with Gasteiger partial charge >= 0.3 is 5.97 Å². The van der Waals surface area contributed by atoms with Gasteiger partial charge in [-0.1, -0.05) is 106 Å². The van der Waals surface area contributed by atoms with Gasteiger partial charge in [-0.3, -0.25) is 4.79 Å². The molecule has 0 bridgehead atoms. The Balaban J connectivity index is 1.42. The van der Waals surface area contributed by atoms with Crippen LogP contribution < -0.4 is 10.6 Å². The number of hydrazine groups is 1. The van der Waals surface area contributed by atoms with E-state index < -0.39 is 27.9 Å². The van der Waals surface area contributed by atoms with E-state index >= 15 is 4.39 Å². The zero-order valence-electron chi connectivity index (χ0n) is 26.6. The molecule has 1 atom stereocenters. The first kappa shape index (κ1) is 33.7. The van der Waals surface area contributed by atoms with Gasteiger partial charge in [0.25, 0.3) is 0 Å². The lowest BCUT2D eigenvalue weighted by atomic mass is 9.93. The summed E-state index contributed by atoms with van der Waals surface area (Å²) in [7, 11) is -4.08. The van der Waals surface area contributed by atoms with Gasteiger partial charge in [0.05, 0.1) is 16.5 Å². The number of hydrogen-bond acceptors (Lipinski definition) is 7. The number of ether oxygens (including phenoxy) is 1. The molecule has 0 fully saturated rings. The molecule has 0 radical (unpaired) electrons. The number of hydrogen-bond donors (Lipinski definition) is 2. The zero-order valence-corrected chi connectivity index (χ0v) is 27.4. The molecule has 4 aromatic rings. The molecule has 4 aromatic carbocycles. The van der Waals surface area contributed by atoms with Crippen LogP contribution in [0.25, 0.3) is 11.1 Å². The molecule has 1 aliphatic rings. The van der Waals surface area contributed by atoms with Crippen molar-refractivity contribution < 1.29 is 27.1 Å². The molecule has 1 heterocycles. The molecule has 5 rings (SSSR count). The standard InChI is InChI=1S/C37H38FN3O5S/c1-4-20-41-32(22-25-18-19-29(31(38)21-25)30-16-10-11-17-33(30)47(39,44)45)34(35(40-41)24(2)3)37(43)46-23-27-14-8-9-15-28(27)36(42)26-12-6-5-7-13-26/h5-19,21,24,32,40H,4,20,22-23H2,1-3H3,(H2,39,44,45). The number of carbonyl (C=O) groups is 2. The Kier molecular flexibility index (Phi) is 10.3. The van der Waals surface area contributed by atoms with Crippen LogP contribution in [0.4, 0.5) is 4.39 Å². The molecule has 244 valence electrons. The normalized spacial score (nSPS) is 15.1. The van der Waals surface area contributed by atoms with Crippen LogP contribution >= 0.6 is 0 Å². The fourth-order valence-electron chi connectivity index (χ4n) is 5.88. The Hall–Kier alpha value is -4.64. The molecule has 10 heteroatoms.